The van der Waals surface area contributed by atoms with Gasteiger partial charge in [-0.1, -0.05) is 29.8 Å². The van der Waals surface area contributed by atoms with Crippen molar-refractivity contribution in [1.29, 1.82) is 0 Å². The zero-order chi connectivity index (χ0) is 23.4. The van der Waals surface area contributed by atoms with Crippen LogP contribution >= 0.6 is 11.6 Å². The van der Waals surface area contributed by atoms with Crippen molar-refractivity contribution in [3.8, 4) is 5.75 Å². The Labute approximate surface area is 198 Å². The second-order valence-corrected chi connectivity index (χ2v) is 8.98. The van der Waals surface area contributed by atoms with Crippen LogP contribution in [-0.4, -0.2) is 66.7 Å². The van der Waals surface area contributed by atoms with Crippen LogP contribution in [0.4, 0.5) is 0 Å². The molecule has 1 saturated heterocycles. The van der Waals surface area contributed by atoms with Gasteiger partial charge < -0.3 is 34.3 Å². The highest BCUT2D eigenvalue weighted by Crippen LogP contribution is 2.40. The fraction of sp³-hybridized carbons (Fsp3) is 0.520. The Hall–Kier alpha value is -1.71. The molecule has 4 atom stereocenters. The highest BCUT2D eigenvalue weighted by atomic mass is 35.5. The number of aliphatic hydroxyl groups excluding tert-OH is 3. The molecule has 8 heteroatoms. The van der Waals surface area contributed by atoms with Crippen LogP contribution in [0.3, 0.4) is 0 Å². The number of ether oxygens (including phenoxy) is 4. The maximum Gasteiger partial charge on any atom is 0.222 e. The molecule has 1 aliphatic heterocycles. The summed E-state index contributed by atoms with van der Waals surface area (Å²) >= 11 is 6.47. The standard InChI is InChI=1S/C25H31ClO7/c1-30-25(24(29)14-22(28)23(15-27)33-25)18-4-9-21(26)17(13-18)12-16-2-5-19(6-3-16)31-10-11-32-20-7-8-20/h2-6,9,13,20,22-24,27-29H,7-8,10-12,14-15H2,1H3/t22-,23+,24+,25-/m0/s1. The quantitative estimate of drug-likeness (QED) is 0.452. The van der Waals surface area contributed by atoms with E-state index in [-0.39, 0.29) is 13.0 Å². The molecule has 0 radical (unpaired) electrons. The van der Waals surface area contributed by atoms with E-state index < -0.39 is 24.1 Å². The van der Waals surface area contributed by atoms with Crippen molar-refractivity contribution in [2.75, 3.05) is 26.9 Å². The minimum absolute atomic E-state index is 0.0180. The molecule has 33 heavy (non-hydrogen) atoms. The van der Waals surface area contributed by atoms with Crippen LogP contribution in [0.2, 0.25) is 5.02 Å². The van der Waals surface area contributed by atoms with Gasteiger partial charge in [-0.05, 0) is 54.7 Å². The zero-order valence-corrected chi connectivity index (χ0v) is 19.4. The van der Waals surface area contributed by atoms with Crippen molar-refractivity contribution in [3.63, 3.8) is 0 Å². The lowest BCUT2D eigenvalue weighted by molar-refractivity contribution is -0.342. The summed E-state index contributed by atoms with van der Waals surface area (Å²) in [5.41, 5.74) is 2.44. The molecule has 2 aromatic rings. The number of rotatable bonds is 10. The van der Waals surface area contributed by atoms with Crippen molar-refractivity contribution in [1.82, 2.24) is 0 Å². The molecule has 7 nitrogen and oxygen atoms in total. The zero-order valence-electron chi connectivity index (χ0n) is 18.7. The van der Waals surface area contributed by atoms with E-state index in [9.17, 15) is 15.3 Å². The Morgan fingerprint density at radius 3 is 2.52 bits per heavy atom. The van der Waals surface area contributed by atoms with Crippen LogP contribution in [0.15, 0.2) is 42.5 Å². The van der Waals surface area contributed by atoms with E-state index >= 15 is 0 Å². The molecule has 0 bridgehead atoms. The fourth-order valence-corrected chi connectivity index (χ4v) is 4.28. The Balaban J connectivity index is 1.46. The van der Waals surface area contributed by atoms with Crippen LogP contribution in [0.25, 0.3) is 0 Å². The van der Waals surface area contributed by atoms with Gasteiger partial charge in [-0.25, -0.2) is 0 Å². The fourth-order valence-electron chi connectivity index (χ4n) is 4.10. The molecule has 4 rings (SSSR count). The summed E-state index contributed by atoms with van der Waals surface area (Å²) in [5, 5.41) is 30.9. The van der Waals surface area contributed by atoms with Gasteiger partial charge in [-0.15, -0.1) is 0 Å². The van der Waals surface area contributed by atoms with Crippen LogP contribution in [-0.2, 0) is 26.4 Å². The Kier molecular flexibility index (Phi) is 7.91. The van der Waals surface area contributed by atoms with Gasteiger partial charge in [0.1, 0.15) is 24.6 Å². The predicted molar refractivity (Wildman–Crippen MR) is 122 cm³/mol. The monoisotopic (exact) mass is 478 g/mol. The van der Waals surface area contributed by atoms with Gasteiger partial charge in [0.15, 0.2) is 0 Å². The van der Waals surface area contributed by atoms with E-state index in [1.54, 1.807) is 12.1 Å². The first kappa shape index (κ1) is 24.4. The van der Waals surface area contributed by atoms with Gasteiger partial charge in [-0.2, -0.15) is 0 Å². The number of hydrogen-bond acceptors (Lipinski definition) is 7. The summed E-state index contributed by atoms with van der Waals surface area (Å²) < 4.78 is 22.8. The highest BCUT2D eigenvalue weighted by molar-refractivity contribution is 6.31. The van der Waals surface area contributed by atoms with Gasteiger partial charge in [0.25, 0.3) is 0 Å². The van der Waals surface area contributed by atoms with Gasteiger partial charge in [0.05, 0.1) is 25.4 Å². The molecule has 0 spiro atoms. The lowest BCUT2D eigenvalue weighted by Crippen LogP contribution is -2.56. The normalized spacial score (nSPS) is 27.5. The third-order valence-electron chi connectivity index (χ3n) is 6.14. The van der Waals surface area contributed by atoms with Gasteiger partial charge in [-0.3, -0.25) is 0 Å². The highest BCUT2D eigenvalue weighted by Gasteiger charge is 2.50. The Morgan fingerprint density at radius 2 is 1.85 bits per heavy atom. The summed E-state index contributed by atoms with van der Waals surface area (Å²) in [6, 6.07) is 13.1. The van der Waals surface area contributed by atoms with Gasteiger partial charge in [0.2, 0.25) is 5.79 Å². The summed E-state index contributed by atoms with van der Waals surface area (Å²) in [6.45, 7) is 0.730. The minimum atomic E-state index is -1.51. The van der Waals surface area contributed by atoms with Crippen molar-refractivity contribution in [2.45, 2.75) is 55.9 Å². The predicted octanol–water partition coefficient (Wildman–Crippen LogP) is 2.79. The van der Waals surface area contributed by atoms with Crippen molar-refractivity contribution in [3.05, 3.63) is 64.2 Å². The van der Waals surface area contributed by atoms with E-state index in [1.807, 2.05) is 30.3 Å². The van der Waals surface area contributed by atoms with E-state index in [4.69, 9.17) is 30.5 Å². The molecule has 0 aromatic heterocycles. The summed E-state index contributed by atoms with van der Waals surface area (Å²) in [4.78, 5) is 0. The van der Waals surface area contributed by atoms with Gasteiger partial charge >= 0.3 is 0 Å². The van der Waals surface area contributed by atoms with Crippen molar-refractivity contribution in [2.24, 2.45) is 0 Å². The third-order valence-corrected chi connectivity index (χ3v) is 6.51. The van der Waals surface area contributed by atoms with Crippen LogP contribution in [0, 0.1) is 0 Å². The van der Waals surface area contributed by atoms with Crippen molar-refractivity contribution >= 4 is 11.6 Å². The lowest BCUT2D eigenvalue weighted by Gasteiger charge is -2.45. The molecule has 1 saturated carbocycles. The summed E-state index contributed by atoms with van der Waals surface area (Å²) in [5.74, 6) is -0.727. The molecular formula is C25H31ClO7. The largest absolute Gasteiger partial charge is 0.491 e. The molecule has 1 aliphatic carbocycles. The average Bonchev–Trinajstić information content (AvgIpc) is 3.64. The molecule has 3 N–H and O–H groups in total. The molecule has 180 valence electrons. The van der Waals surface area contributed by atoms with Crippen LogP contribution in [0.1, 0.15) is 36.0 Å². The molecule has 2 fully saturated rings. The van der Waals surface area contributed by atoms with E-state index in [0.29, 0.717) is 36.3 Å². The van der Waals surface area contributed by atoms with Crippen LogP contribution < -0.4 is 4.74 Å². The van der Waals surface area contributed by atoms with Crippen molar-refractivity contribution < 1.29 is 34.3 Å². The third kappa shape index (κ3) is 5.69. The lowest BCUT2D eigenvalue weighted by atomic mass is 9.89. The first-order valence-corrected chi connectivity index (χ1v) is 11.6. The number of benzene rings is 2. The van der Waals surface area contributed by atoms with E-state index in [1.165, 1.54) is 7.11 Å². The van der Waals surface area contributed by atoms with E-state index in [0.717, 1.165) is 29.7 Å². The first-order chi connectivity index (χ1) is 15.9. The Bertz CT molecular complexity index is 917. The topological polar surface area (TPSA) is 97.6 Å². The molecule has 1 heterocycles. The molecule has 2 aromatic carbocycles. The maximum absolute atomic E-state index is 10.7. The second-order valence-electron chi connectivity index (χ2n) is 8.57. The molecular weight excluding hydrogens is 448 g/mol. The van der Waals surface area contributed by atoms with Crippen LogP contribution in [0.5, 0.6) is 5.75 Å². The summed E-state index contributed by atoms with van der Waals surface area (Å²) in [7, 11) is 1.43. The number of halogens is 1. The molecule has 0 amide bonds. The van der Waals surface area contributed by atoms with Gasteiger partial charge in [0, 0.05) is 24.1 Å². The molecule has 2 aliphatic rings. The minimum Gasteiger partial charge on any atom is -0.491 e. The SMILES string of the molecule is CO[C@@]1(c2ccc(Cl)c(Cc3ccc(OCCOC4CC4)cc3)c2)O[C@H](CO)[C@@H](O)C[C@H]1O. The second kappa shape index (κ2) is 10.7. The smallest absolute Gasteiger partial charge is 0.222 e. The number of aliphatic hydroxyl groups is 3. The Morgan fingerprint density at radius 1 is 1.09 bits per heavy atom. The maximum atomic E-state index is 10.7. The summed E-state index contributed by atoms with van der Waals surface area (Å²) in [6.07, 6.45) is 0.334. The number of hydrogen-bond donors (Lipinski definition) is 3. The molecule has 0 unspecified atom stereocenters. The first-order valence-electron chi connectivity index (χ1n) is 11.3. The van der Waals surface area contributed by atoms with E-state index in [2.05, 4.69) is 0 Å². The average molecular weight is 479 g/mol. The number of methoxy groups -OCH3 is 1.